The summed E-state index contributed by atoms with van der Waals surface area (Å²) in [4.78, 5) is 12.0. The highest BCUT2D eigenvalue weighted by Crippen LogP contribution is 2.16. The van der Waals surface area contributed by atoms with Crippen LogP contribution in [-0.4, -0.2) is 11.8 Å². The molecule has 0 saturated heterocycles. The van der Waals surface area contributed by atoms with Gasteiger partial charge in [0.2, 0.25) is 0 Å². The molecule has 1 aromatic carbocycles. The fourth-order valence-electron chi connectivity index (χ4n) is 1.91. The van der Waals surface area contributed by atoms with Crippen molar-refractivity contribution < 1.29 is 4.79 Å². The molecule has 2 unspecified atom stereocenters. The molecule has 18 heavy (non-hydrogen) atoms. The van der Waals surface area contributed by atoms with E-state index in [0.717, 1.165) is 12.0 Å². The van der Waals surface area contributed by atoms with Crippen LogP contribution in [0, 0.1) is 5.92 Å². The molecule has 0 aliphatic carbocycles. The monoisotopic (exact) mass is 247 g/mol. The summed E-state index contributed by atoms with van der Waals surface area (Å²) < 4.78 is 0. The van der Waals surface area contributed by atoms with Gasteiger partial charge in [0, 0.05) is 6.42 Å². The Bertz CT molecular complexity index is 381. The van der Waals surface area contributed by atoms with Crippen molar-refractivity contribution in [2.24, 2.45) is 11.7 Å². The van der Waals surface area contributed by atoms with Gasteiger partial charge in [-0.25, -0.2) is 0 Å². The van der Waals surface area contributed by atoms with Gasteiger partial charge < -0.3 is 5.73 Å². The maximum absolute atomic E-state index is 12.0. The van der Waals surface area contributed by atoms with E-state index in [0.29, 0.717) is 12.3 Å². The number of rotatable bonds is 6. The Balaban J connectivity index is 2.65. The van der Waals surface area contributed by atoms with E-state index in [1.54, 1.807) is 0 Å². The third kappa shape index (κ3) is 3.95. The zero-order chi connectivity index (χ0) is 13.7. The molecule has 2 N–H and O–H groups in total. The van der Waals surface area contributed by atoms with E-state index < -0.39 is 0 Å². The van der Waals surface area contributed by atoms with Gasteiger partial charge in [-0.3, -0.25) is 4.79 Å². The predicted molar refractivity (Wildman–Crippen MR) is 76.7 cm³/mol. The van der Waals surface area contributed by atoms with Crippen molar-refractivity contribution in [1.29, 1.82) is 0 Å². The van der Waals surface area contributed by atoms with Crippen molar-refractivity contribution >= 4 is 5.78 Å². The molecule has 1 rings (SSSR count). The molecule has 2 atom stereocenters. The highest BCUT2D eigenvalue weighted by Gasteiger charge is 2.19. The van der Waals surface area contributed by atoms with Gasteiger partial charge in [-0.15, -0.1) is 0 Å². The fraction of sp³-hybridized carbons (Fsp3) is 0.562. The second-order valence-electron chi connectivity index (χ2n) is 5.45. The van der Waals surface area contributed by atoms with Crippen LogP contribution >= 0.6 is 0 Å². The Morgan fingerprint density at radius 2 is 1.72 bits per heavy atom. The zero-order valence-electron chi connectivity index (χ0n) is 11.9. The Morgan fingerprint density at radius 1 is 1.17 bits per heavy atom. The van der Waals surface area contributed by atoms with Crippen LogP contribution < -0.4 is 5.73 Å². The Labute approximate surface area is 111 Å². The molecule has 0 spiro atoms. The number of benzene rings is 1. The average Bonchev–Trinajstić information content (AvgIpc) is 2.37. The molecular formula is C16H25NO. The molecule has 2 heteroatoms. The van der Waals surface area contributed by atoms with Crippen molar-refractivity contribution in [1.82, 2.24) is 0 Å². The fourth-order valence-corrected chi connectivity index (χ4v) is 1.91. The van der Waals surface area contributed by atoms with E-state index in [4.69, 9.17) is 5.73 Å². The van der Waals surface area contributed by atoms with Crippen LogP contribution in [0.4, 0.5) is 0 Å². The molecule has 0 saturated carbocycles. The van der Waals surface area contributed by atoms with Crippen LogP contribution in [0.25, 0.3) is 0 Å². The van der Waals surface area contributed by atoms with Crippen LogP contribution in [0.15, 0.2) is 24.3 Å². The van der Waals surface area contributed by atoms with Gasteiger partial charge in [0.1, 0.15) is 0 Å². The summed E-state index contributed by atoms with van der Waals surface area (Å²) in [6.45, 7) is 8.43. The van der Waals surface area contributed by atoms with E-state index in [2.05, 4.69) is 32.9 Å². The first-order valence-electron chi connectivity index (χ1n) is 6.82. The van der Waals surface area contributed by atoms with Gasteiger partial charge in [0.05, 0.1) is 6.04 Å². The lowest BCUT2D eigenvalue weighted by atomic mass is 9.92. The third-order valence-electron chi connectivity index (χ3n) is 3.65. The molecule has 0 aliphatic rings. The van der Waals surface area contributed by atoms with Gasteiger partial charge in [-0.2, -0.15) is 0 Å². The normalized spacial score (nSPS) is 14.6. The second kappa shape index (κ2) is 6.69. The zero-order valence-corrected chi connectivity index (χ0v) is 11.9. The summed E-state index contributed by atoms with van der Waals surface area (Å²) in [5, 5.41) is 0. The lowest BCUT2D eigenvalue weighted by Crippen LogP contribution is -2.37. The minimum absolute atomic E-state index is 0.140. The van der Waals surface area contributed by atoms with Gasteiger partial charge in [-0.1, -0.05) is 58.4 Å². The molecule has 0 bridgehead atoms. The molecule has 2 nitrogen and oxygen atoms in total. The molecule has 0 aliphatic heterocycles. The molecule has 100 valence electrons. The average molecular weight is 247 g/mol. The topological polar surface area (TPSA) is 43.1 Å². The van der Waals surface area contributed by atoms with Crippen LogP contribution in [0.1, 0.15) is 51.2 Å². The summed E-state index contributed by atoms with van der Waals surface area (Å²) >= 11 is 0. The first-order chi connectivity index (χ1) is 8.45. The van der Waals surface area contributed by atoms with Gasteiger partial charge in [0.25, 0.3) is 0 Å². The lowest BCUT2D eigenvalue weighted by Gasteiger charge is -2.17. The van der Waals surface area contributed by atoms with E-state index in [9.17, 15) is 4.79 Å². The number of hydrogen-bond donors (Lipinski definition) is 1. The van der Waals surface area contributed by atoms with E-state index in [-0.39, 0.29) is 17.7 Å². The number of Topliss-reactive ketones (excluding diaryl/α,β-unsaturated/α-hetero) is 1. The minimum Gasteiger partial charge on any atom is -0.321 e. The Morgan fingerprint density at radius 3 is 2.17 bits per heavy atom. The molecule has 0 heterocycles. The van der Waals surface area contributed by atoms with E-state index in [1.807, 2.05) is 19.1 Å². The summed E-state index contributed by atoms with van der Waals surface area (Å²) in [6, 6.07) is 7.94. The number of ketones is 1. The van der Waals surface area contributed by atoms with Crippen LogP contribution in [0.2, 0.25) is 0 Å². The molecule has 0 amide bonds. The maximum Gasteiger partial charge on any atom is 0.154 e. The van der Waals surface area contributed by atoms with Crippen LogP contribution in [0.3, 0.4) is 0 Å². The lowest BCUT2D eigenvalue weighted by molar-refractivity contribution is -0.120. The summed E-state index contributed by atoms with van der Waals surface area (Å²) in [7, 11) is 0. The standard InChI is InChI=1S/C16H25NO/c1-5-12(4)16(17)15(18)10-13-6-8-14(9-7-13)11(2)3/h6-9,11-12,16H,5,10,17H2,1-4H3. The first-order valence-corrected chi connectivity index (χ1v) is 6.82. The molecule has 1 aromatic rings. The molecule has 0 radical (unpaired) electrons. The first kappa shape index (κ1) is 14.9. The van der Waals surface area contributed by atoms with E-state index in [1.165, 1.54) is 5.56 Å². The number of nitrogens with two attached hydrogens (primary N) is 1. The third-order valence-corrected chi connectivity index (χ3v) is 3.65. The highest BCUT2D eigenvalue weighted by molar-refractivity contribution is 5.86. The molecule has 0 fully saturated rings. The molecular weight excluding hydrogens is 222 g/mol. The van der Waals surface area contributed by atoms with Crippen molar-refractivity contribution in [2.75, 3.05) is 0 Å². The second-order valence-corrected chi connectivity index (χ2v) is 5.45. The van der Waals surface area contributed by atoms with Crippen molar-refractivity contribution in [3.63, 3.8) is 0 Å². The predicted octanol–water partition coefficient (Wildman–Crippen LogP) is 3.30. The summed E-state index contributed by atoms with van der Waals surface area (Å²) in [5.41, 5.74) is 8.31. The largest absolute Gasteiger partial charge is 0.321 e. The van der Waals surface area contributed by atoms with Crippen molar-refractivity contribution in [3.8, 4) is 0 Å². The summed E-state index contributed by atoms with van der Waals surface area (Å²) in [5.74, 6) is 0.922. The van der Waals surface area contributed by atoms with Crippen LogP contribution in [-0.2, 0) is 11.2 Å². The number of hydrogen-bond acceptors (Lipinski definition) is 2. The Kier molecular flexibility index (Phi) is 5.54. The van der Waals surface area contributed by atoms with E-state index >= 15 is 0 Å². The number of carbonyl (C=O) groups is 1. The minimum atomic E-state index is -0.334. The van der Waals surface area contributed by atoms with Gasteiger partial charge in [0.15, 0.2) is 5.78 Å². The van der Waals surface area contributed by atoms with Crippen molar-refractivity contribution in [3.05, 3.63) is 35.4 Å². The van der Waals surface area contributed by atoms with Crippen LogP contribution in [0.5, 0.6) is 0 Å². The number of carbonyl (C=O) groups excluding carboxylic acids is 1. The Hall–Kier alpha value is -1.15. The molecule has 0 aromatic heterocycles. The SMILES string of the molecule is CCC(C)C(N)C(=O)Cc1ccc(C(C)C)cc1. The smallest absolute Gasteiger partial charge is 0.154 e. The van der Waals surface area contributed by atoms with Gasteiger partial charge in [-0.05, 0) is 23.0 Å². The quantitative estimate of drug-likeness (QED) is 0.838. The van der Waals surface area contributed by atoms with Gasteiger partial charge >= 0.3 is 0 Å². The maximum atomic E-state index is 12.0. The summed E-state index contributed by atoms with van der Waals surface area (Å²) in [6.07, 6.45) is 1.39. The highest BCUT2D eigenvalue weighted by atomic mass is 16.1. The van der Waals surface area contributed by atoms with Crippen molar-refractivity contribution in [2.45, 2.75) is 52.5 Å².